The molecule has 94 valence electrons. The van der Waals surface area contributed by atoms with Gasteiger partial charge in [-0.3, -0.25) is 0 Å². The van der Waals surface area contributed by atoms with Crippen LogP contribution in [0.2, 0.25) is 0 Å². The van der Waals surface area contributed by atoms with Crippen LogP contribution in [-0.4, -0.2) is 25.3 Å². The molecular formula is C14H27NO. The minimum absolute atomic E-state index is 0.496. The van der Waals surface area contributed by atoms with Crippen LogP contribution in [0, 0.1) is 5.92 Å². The van der Waals surface area contributed by atoms with Crippen molar-refractivity contribution < 1.29 is 4.74 Å². The van der Waals surface area contributed by atoms with E-state index in [0.717, 1.165) is 25.1 Å². The molecule has 2 heteroatoms. The van der Waals surface area contributed by atoms with E-state index in [-0.39, 0.29) is 0 Å². The molecule has 3 unspecified atom stereocenters. The fourth-order valence-corrected chi connectivity index (χ4v) is 3.11. The molecule has 0 aromatic rings. The molecule has 0 aromatic carbocycles. The number of nitrogens with one attached hydrogen (secondary N) is 1. The van der Waals surface area contributed by atoms with Gasteiger partial charge >= 0.3 is 0 Å². The van der Waals surface area contributed by atoms with Crippen molar-refractivity contribution in [2.24, 2.45) is 5.92 Å². The number of ether oxygens (including phenoxy) is 1. The van der Waals surface area contributed by atoms with E-state index in [1.807, 2.05) is 0 Å². The van der Waals surface area contributed by atoms with Gasteiger partial charge in [-0.1, -0.05) is 26.2 Å². The third-order valence-electron chi connectivity index (χ3n) is 4.27. The van der Waals surface area contributed by atoms with Crippen molar-refractivity contribution in [3.05, 3.63) is 0 Å². The van der Waals surface area contributed by atoms with Gasteiger partial charge in [-0.2, -0.15) is 0 Å². The van der Waals surface area contributed by atoms with Crippen LogP contribution in [-0.2, 0) is 4.74 Å². The van der Waals surface area contributed by atoms with E-state index < -0.39 is 0 Å². The van der Waals surface area contributed by atoms with Gasteiger partial charge in [0.25, 0.3) is 0 Å². The van der Waals surface area contributed by atoms with E-state index in [1.165, 1.54) is 51.4 Å². The van der Waals surface area contributed by atoms with Crippen LogP contribution < -0.4 is 5.32 Å². The molecular weight excluding hydrogens is 198 g/mol. The van der Waals surface area contributed by atoms with E-state index in [9.17, 15) is 0 Å². The highest BCUT2D eigenvalue weighted by Crippen LogP contribution is 2.26. The van der Waals surface area contributed by atoms with Crippen molar-refractivity contribution in [1.82, 2.24) is 5.32 Å². The average Bonchev–Trinajstić information content (AvgIpc) is 2.38. The van der Waals surface area contributed by atoms with E-state index in [1.54, 1.807) is 0 Å². The summed E-state index contributed by atoms with van der Waals surface area (Å²) in [7, 11) is 0. The maximum atomic E-state index is 5.76. The Morgan fingerprint density at radius 1 is 1.12 bits per heavy atom. The normalized spacial score (nSPS) is 36.2. The Kier molecular flexibility index (Phi) is 5.11. The van der Waals surface area contributed by atoms with Crippen LogP contribution in [0.5, 0.6) is 0 Å². The zero-order valence-electron chi connectivity index (χ0n) is 10.7. The van der Waals surface area contributed by atoms with Gasteiger partial charge in [0.1, 0.15) is 0 Å². The van der Waals surface area contributed by atoms with Gasteiger partial charge in [-0.15, -0.1) is 0 Å². The van der Waals surface area contributed by atoms with Crippen molar-refractivity contribution in [3.8, 4) is 0 Å². The highest BCUT2D eigenvalue weighted by atomic mass is 16.5. The van der Waals surface area contributed by atoms with E-state index >= 15 is 0 Å². The zero-order chi connectivity index (χ0) is 11.2. The van der Waals surface area contributed by atoms with E-state index in [0.29, 0.717) is 6.10 Å². The lowest BCUT2D eigenvalue weighted by Gasteiger charge is -2.31. The smallest absolute Gasteiger partial charge is 0.0699 e. The van der Waals surface area contributed by atoms with Crippen LogP contribution >= 0.6 is 0 Å². The number of hydrogen-bond acceptors (Lipinski definition) is 2. The maximum absolute atomic E-state index is 5.76. The highest BCUT2D eigenvalue weighted by molar-refractivity contribution is 4.79. The van der Waals surface area contributed by atoms with Crippen molar-refractivity contribution >= 4 is 0 Å². The Labute approximate surface area is 100 Å². The van der Waals surface area contributed by atoms with Gasteiger partial charge in [0.2, 0.25) is 0 Å². The molecule has 1 saturated heterocycles. The van der Waals surface area contributed by atoms with Crippen LogP contribution in [0.4, 0.5) is 0 Å². The van der Waals surface area contributed by atoms with Crippen molar-refractivity contribution in [2.75, 3.05) is 13.2 Å². The lowest BCUT2D eigenvalue weighted by atomic mass is 9.84. The standard InChI is InChI=1S/C14H27NO/c1-2-12-6-5-7-13(10-12)15-11-14-8-3-4-9-16-14/h12-15H,2-11H2,1H3. The lowest BCUT2D eigenvalue weighted by Crippen LogP contribution is -2.40. The fraction of sp³-hybridized carbons (Fsp3) is 1.00. The quantitative estimate of drug-likeness (QED) is 0.794. The second kappa shape index (κ2) is 6.61. The predicted octanol–water partition coefficient (Wildman–Crippen LogP) is 3.11. The summed E-state index contributed by atoms with van der Waals surface area (Å²) in [6, 6.07) is 0.768. The Morgan fingerprint density at radius 2 is 2.06 bits per heavy atom. The molecule has 0 radical (unpaired) electrons. The van der Waals surface area contributed by atoms with Crippen LogP contribution in [0.1, 0.15) is 58.3 Å². The Morgan fingerprint density at radius 3 is 2.81 bits per heavy atom. The summed E-state index contributed by atoms with van der Waals surface area (Å²) in [5.41, 5.74) is 0. The summed E-state index contributed by atoms with van der Waals surface area (Å²) >= 11 is 0. The SMILES string of the molecule is CCC1CCCC(NCC2CCCCO2)C1. The third-order valence-corrected chi connectivity index (χ3v) is 4.27. The van der Waals surface area contributed by atoms with Crippen LogP contribution in [0.15, 0.2) is 0 Å². The summed E-state index contributed by atoms with van der Waals surface area (Å²) < 4.78 is 5.76. The van der Waals surface area contributed by atoms with Crippen molar-refractivity contribution in [3.63, 3.8) is 0 Å². The molecule has 1 N–H and O–H groups in total. The molecule has 0 amide bonds. The molecule has 2 fully saturated rings. The highest BCUT2D eigenvalue weighted by Gasteiger charge is 2.21. The Bertz CT molecular complexity index is 189. The fourth-order valence-electron chi connectivity index (χ4n) is 3.11. The monoisotopic (exact) mass is 225 g/mol. The minimum atomic E-state index is 0.496. The topological polar surface area (TPSA) is 21.3 Å². The molecule has 2 rings (SSSR count). The molecule has 0 bridgehead atoms. The maximum Gasteiger partial charge on any atom is 0.0699 e. The van der Waals surface area contributed by atoms with E-state index in [4.69, 9.17) is 4.74 Å². The average molecular weight is 225 g/mol. The van der Waals surface area contributed by atoms with Crippen molar-refractivity contribution in [1.29, 1.82) is 0 Å². The number of hydrogen-bond donors (Lipinski definition) is 1. The Hall–Kier alpha value is -0.0800. The summed E-state index contributed by atoms with van der Waals surface area (Å²) in [6.45, 7) is 4.40. The predicted molar refractivity (Wildman–Crippen MR) is 67.6 cm³/mol. The van der Waals surface area contributed by atoms with Crippen molar-refractivity contribution in [2.45, 2.75) is 70.4 Å². The lowest BCUT2D eigenvalue weighted by molar-refractivity contribution is 0.0141. The van der Waals surface area contributed by atoms with Crippen LogP contribution in [0.25, 0.3) is 0 Å². The molecule has 3 atom stereocenters. The molecule has 1 aliphatic carbocycles. The summed E-state index contributed by atoms with van der Waals surface area (Å²) in [5, 5.41) is 3.73. The molecule has 16 heavy (non-hydrogen) atoms. The second-order valence-corrected chi connectivity index (χ2v) is 5.53. The van der Waals surface area contributed by atoms with Crippen LogP contribution in [0.3, 0.4) is 0 Å². The summed E-state index contributed by atoms with van der Waals surface area (Å²) in [6.07, 6.45) is 11.4. The Balaban J connectivity index is 1.64. The first-order valence-corrected chi connectivity index (χ1v) is 7.23. The molecule has 2 aliphatic rings. The first-order valence-electron chi connectivity index (χ1n) is 7.23. The van der Waals surface area contributed by atoms with Gasteiger partial charge < -0.3 is 10.1 Å². The molecule has 1 aliphatic heterocycles. The molecule has 1 heterocycles. The van der Waals surface area contributed by atoms with Gasteiger partial charge in [-0.25, -0.2) is 0 Å². The molecule has 0 aromatic heterocycles. The van der Waals surface area contributed by atoms with Gasteiger partial charge in [-0.05, 0) is 38.0 Å². The largest absolute Gasteiger partial charge is 0.377 e. The van der Waals surface area contributed by atoms with E-state index in [2.05, 4.69) is 12.2 Å². The number of rotatable bonds is 4. The van der Waals surface area contributed by atoms with Gasteiger partial charge in [0.15, 0.2) is 0 Å². The summed E-state index contributed by atoms with van der Waals surface area (Å²) in [5.74, 6) is 0.971. The summed E-state index contributed by atoms with van der Waals surface area (Å²) in [4.78, 5) is 0. The van der Waals surface area contributed by atoms with Gasteiger partial charge in [0.05, 0.1) is 6.10 Å². The molecule has 2 nitrogen and oxygen atoms in total. The molecule has 0 spiro atoms. The van der Waals surface area contributed by atoms with Gasteiger partial charge in [0, 0.05) is 19.2 Å². The second-order valence-electron chi connectivity index (χ2n) is 5.53. The zero-order valence-corrected chi connectivity index (χ0v) is 10.7. The molecule has 1 saturated carbocycles. The minimum Gasteiger partial charge on any atom is -0.377 e. The first kappa shape index (κ1) is 12.4. The first-order chi connectivity index (χ1) is 7.88. The third kappa shape index (κ3) is 3.74.